The summed E-state index contributed by atoms with van der Waals surface area (Å²) in [7, 11) is 5.46. The van der Waals surface area contributed by atoms with Gasteiger partial charge in [-0.15, -0.1) is 5.98 Å². The fourth-order valence-corrected chi connectivity index (χ4v) is 1.61. The summed E-state index contributed by atoms with van der Waals surface area (Å²) in [5.41, 5.74) is 1.76. The average molecular weight is 246 g/mol. The van der Waals surface area contributed by atoms with E-state index < -0.39 is 6.10 Å². The Morgan fingerprint density at radius 2 is 2.17 bits per heavy atom. The Labute approximate surface area is 110 Å². The van der Waals surface area contributed by atoms with E-state index in [9.17, 15) is 10.2 Å². The summed E-state index contributed by atoms with van der Waals surface area (Å²) in [4.78, 5) is 0. The standard InChI is InChI=1S/C14H19BO3/c1-3-11(9-15)4-5-18-14-7-12(10(2)16)6-13(17)8-14/h6-10,16-17H,3-5H2,1-2H3/b11-9+. The van der Waals surface area contributed by atoms with Crippen LogP contribution in [0.4, 0.5) is 0 Å². The first kappa shape index (κ1) is 14.6. The number of rotatable bonds is 6. The van der Waals surface area contributed by atoms with Gasteiger partial charge in [-0.2, -0.15) is 0 Å². The normalized spacial score (nSPS) is 13.4. The summed E-state index contributed by atoms with van der Waals surface area (Å²) in [6.45, 7) is 4.18. The average Bonchev–Trinajstić information content (AvgIpc) is 2.34. The van der Waals surface area contributed by atoms with E-state index in [1.165, 1.54) is 12.1 Å². The van der Waals surface area contributed by atoms with E-state index in [1.54, 1.807) is 19.0 Å². The number of phenols is 1. The number of aliphatic hydroxyl groups is 1. The summed E-state index contributed by atoms with van der Waals surface area (Å²) >= 11 is 0. The quantitative estimate of drug-likeness (QED) is 0.758. The summed E-state index contributed by atoms with van der Waals surface area (Å²) in [5, 5.41) is 19.0. The molecular weight excluding hydrogens is 227 g/mol. The minimum atomic E-state index is -0.630. The van der Waals surface area contributed by atoms with Gasteiger partial charge in [0.15, 0.2) is 0 Å². The molecule has 4 heteroatoms. The second kappa shape index (κ2) is 7.12. The minimum Gasteiger partial charge on any atom is -0.508 e. The molecule has 2 N–H and O–H groups in total. The van der Waals surface area contributed by atoms with Crippen molar-refractivity contribution in [3.8, 4) is 11.5 Å². The Morgan fingerprint density at radius 3 is 2.72 bits per heavy atom. The van der Waals surface area contributed by atoms with E-state index in [0.29, 0.717) is 17.9 Å². The van der Waals surface area contributed by atoms with Crippen LogP contribution in [-0.2, 0) is 0 Å². The molecule has 0 bridgehead atoms. The number of aliphatic hydroxyl groups excluding tert-OH is 1. The van der Waals surface area contributed by atoms with Crippen LogP contribution in [0.1, 0.15) is 38.4 Å². The predicted molar refractivity (Wildman–Crippen MR) is 73.0 cm³/mol. The van der Waals surface area contributed by atoms with Gasteiger partial charge in [0.1, 0.15) is 19.3 Å². The summed E-state index contributed by atoms with van der Waals surface area (Å²) in [5.74, 6) is 2.25. The van der Waals surface area contributed by atoms with Crippen LogP contribution in [0.25, 0.3) is 0 Å². The molecule has 0 aliphatic rings. The van der Waals surface area contributed by atoms with Gasteiger partial charge >= 0.3 is 0 Å². The third-order valence-corrected chi connectivity index (χ3v) is 2.78. The molecular formula is C14H19BO3. The zero-order valence-corrected chi connectivity index (χ0v) is 10.9. The number of phenolic OH excluding ortho intramolecular Hbond substituents is 1. The van der Waals surface area contributed by atoms with Gasteiger partial charge in [0.2, 0.25) is 0 Å². The van der Waals surface area contributed by atoms with Gasteiger partial charge in [0.05, 0.1) is 12.7 Å². The first-order chi connectivity index (χ1) is 8.56. The van der Waals surface area contributed by atoms with Gasteiger partial charge in [-0.3, -0.25) is 0 Å². The maximum atomic E-state index is 9.52. The molecule has 96 valence electrons. The van der Waals surface area contributed by atoms with Crippen LogP contribution in [0.3, 0.4) is 0 Å². The number of benzene rings is 1. The predicted octanol–water partition coefficient (Wildman–Crippen LogP) is 2.68. The lowest BCUT2D eigenvalue weighted by atomic mass is 10.0. The highest BCUT2D eigenvalue weighted by Crippen LogP contribution is 2.25. The van der Waals surface area contributed by atoms with Crippen molar-refractivity contribution in [2.75, 3.05) is 6.61 Å². The van der Waals surface area contributed by atoms with Crippen molar-refractivity contribution in [1.82, 2.24) is 0 Å². The SMILES string of the molecule is [B]/C=C(\CC)CCOc1cc(O)cc(C(C)O)c1. The molecule has 1 unspecified atom stereocenters. The van der Waals surface area contributed by atoms with E-state index in [-0.39, 0.29) is 5.75 Å². The van der Waals surface area contributed by atoms with E-state index in [0.717, 1.165) is 18.4 Å². The fourth-order valence-electron chi connectivity index (χ4n) is 1.61. The Kier molecular flexibility index (Phi) is 5.79. The molecule has 1 aromatic carbocycles. The van der Waals surface area contributed by atoms with Crippen molar-refractivity contribution in [2.45, 2.75) is 32.8 Å². The maximum absolute atomic E-state index is 9.52. The molecule has 18 heavy (non-hydrogen) atoms. The molecule has 0 fully saturated rings. The summed E-state index contributed by atoms with van der Waals surface area (Å²) in [6, 6.07) is 4.78. The van der Waals surface area contributed by atoms with Gasteiger partial charge in [0, 0.05) is 12.5 Å². The second-order valence-corrected chi connectivity index (χ2v) is 4.21. The highest BCUT2D eigenvalue weighted by atomic mass is 16.5. The van der Waals surface area contributed by atoms with Crippen LogP contribution < -0.4 is 4.74 Å². The van der Waals surface area contributed by atoms with Gasteiger partial charge in [-0.1, -0.05) is 12.5 Å². The molecule has 0 heterocycles. The van der Waals surface area contributed by atoms with Crippen LogP contribution in [0, 0.1) is 0 Å². The third kappa shape index (κ3) is 4.45. The molecule has 0 amide bonds. The van der Waals surface area contributed by atoms with Crippen LogP contribution in [0.2, 0.25) is 0 Å². The fraction of sp³-hybridized carbons (Fsp3) is 0.429. The van der Waals surface area contributed by atoms with E-state index >= 15 is 0 Å². The Balaban J connectivity index is 2.62. The molecule has 3 nitrogen and oxygen atoms in total. The first-order valence-electron chi connectivity index (χ1n) is 6.11. The third-order valence-electron chi connectivity index (χ3n) is 2.78. The Hall–Kier alpha value is -1.42. The van der Waals surface area contributed by atoms with Crippen molar-refractivity contribution in [3.63, 3.8) is 0 Å². The van der Waals surface area contributed by atoms with Crippen LogP contribution in [-0.4, -0.2) is 24.7 Å². The molecule has 0 saturated carbocycles. The van der Waals surface area contributed by atoms with Crippen molar-refractivity contribution in [1.29, 1.82) is 0 Å². The van der Waals surface area contributed by atoms with E-state index in [1.807, 2.05) is 6.92 Å². The van der Waals surface area contributed by atoms with Crippen molar-refractivity contribution < 1.29 is 14.9 Å². The number of ether oxygens (including phenoxy) is 1. The lowest BCUT2D eigenvalue weighted by molar-refractivity contribution is 0.198. The lowest BCUT2D eigenvalue weighted by Crippen LogP contribution is -2.00. The number of hydrogen-bond acceptors (Lipinski definition) is 3. The molecule has 1 rings (SSSR count). The van der Waals surface area contributed by atoms with Crippen molar-refractivity contribution in [3.05, 3.63) is 35.3 Å². The number of hydrogen-bond donors (Lipinski definition) is 2. The Morgan fingerprint density at radius 1 is 1.44 bits per heavy atom. The maximum Gasteiger partial charge on any atom is 0.123 e. The van der Waals surface area contributed by atoms with Gasteiger partial charge in [0.25, 0.3) is 0 Å². The smallest absolute Gasteiger partial charge is 0.123 e. The van der Waals surface area contributed by atoms with Crippen molar-refractivity contribution in [2.24, 2.45) is 0 Å². The monoisotopic (exact) mass is 246 g/mol. The largest absolute Gasteiger partial charge is 0.508 e. The molecule has 2 radical (unpaired) electrons. The van der Waals surface area contributed by atoms with Gasteiger partial charge < -0.3 is 14.9 Å². The second-order valence-electron chi connectivity index (χ2n) is 4.21. The highest BCUT2D eigenvalue weighted by Gasteiger charge is 2.06. The molecule has 0 aliphatic heterocycles. The van der Waals surface area contributed by atoms with Crippen LogP contribution in [0.15, 0.2) is 29.7 Å². The Bertz CT molecular complexity index is 414. The molecule has 1 aromatic rings. The first-order valence-corrected chi connectivity index (χ1v) is 6.11. The molecule has 0 aromatic heterocycles. The molecule has 0 aliphatic carbocycles. The minimum absolute atomic E-state index is 0.0912. The van der Waals surface area contributed by atoms with Gasteiger partial charge in [-0.25, -0.2) is 0 Å². The number of aromatic hydroxyl groups is 1. The summed E-state index contributed by atoms with van der Waals surface area (Å²) in [6.07, 6.45) is 1.03. The zero-order valence-electron chi connectivity index (χ0n) is 10.9. The molecule has 0 spiro atoms. The lowest BCUT2D eigenvalue weighted by Gasteiger charge is -2.11. The van der Waals surface area contributed by atoms with E-state index in [4.69, 9.17) is 12.6 Å². The zero-order chi connectivity index (χ0) is 13.5. The van der Waals surface area contributed by atoms with Crippen molar-refractivity contribution >= 4 is 7.85 Å². The molecule has 0 saturated heterocycles. The van der Waals surface area contributed by atoms with Crippen LogP contribution in [0.5, 0.6) is 11.5 Å². The topological polar surface area (TPSA) is 49.7 Å². The molecule has 1 atom stereocenters. The van der Waals surface area contributed by atoms with Crippen LogP contribution >= 0.6 is 0 Å². The van der Waals surface area contributed by atoms with Gasteiger partial charge in [-0.05, 0) is 31.0 Å². The van der Waals surface area contributed by atoms with E-state index in [2.05, 4.69) is 0 Å². The highest BCUT2D eigenvalue weighted by molar-refractivity contribution is 6.17. The summed E-state index contributed by atoms with van der Waals surface area (Å²) < 4.78 is 5.54.